The summed E-state index contributed by atoms with van der Waals surface area (Å²) in [6.45, 7) is 0. The molecule has 0 saturated carbocycles. The van der Waals surface area contributed by atoms with Gasteiger partial charge in [0.15, 0.2) is 0 Å². The Morgan fingerprint density at radius 2 is 1.52 bits per heavy atom. The van der Waals surface area contributed by atoms with Gasteiger partial charge in [-0.3, -0.25) is 0 Å². The van der Waals surface area contributed by atoms with E-state index in [0.29, 0.717) is 5.82 Å². The quantitative estimate of drug-likeness (QED) is 0.798. The van der Waals surface area contributed by atoms with Crippen LogP contribution in [-0.2, 0) is 7.05 Å². The number of aromatic carboxylic acids is 1. The molecule has 0 fully saturated rings. The van der Waals surface area contributed by atoms with E-state index in [0.717, 1.165) is 16.7 Å². The number of aromatic nitrogens is 2. The highest BCUT2D eigenvalue weighted by Crippen LogP contribution is 2.24. The maximum absolute atomic E-state index is 11.0. The first kappa shape index (κ1) is 13.1. The van der Waals surface area contributed by atoms with Gasteiger partial charge < -0.3 is 9.67 Å². The zero-order valence-corrected chi connectivity index (χ0v) is 11.5. The lowest BCUT2D eigenvalue weighted by atomic mass is 10.0. The standard InChI is InChI=1S/C17H14N2O2/c1-19-15(17(20)21)11-18-16(19)14-9-7-13(8-10-14)12-5-3-2-4-6-12/h2-11H,1H3,(H,20,21). The van der Waals surface area contributed by atoms with Crippen LogP contribution in [0, 0.1) is 0 Å². The summed E-state index contributed by atoms with van der Waals surface area (Å²) in [5, 5.41) is 9.06. The van der Waals surface area contributed by atoms with Gasteiger partial charge in [0, 0.05) is 12.6 Å². The predicted molar refractivity (Wildman–Crippen MR) is 81.0 cm³/mol. The zero-order chi connectivity index (χ0) is 14.8. The van der Waals surface area contributed by atoms with Crippen LogP contribution < -0.4 is 0 Å². The molecule has 0 aliphatic heterocycles. The lowest BCUT2D eigenvalue weighted by molar-refractivity contribution is 0.0686. The summed E-state index contributed by atoms with van der Waals surface area (Å²) in [6.07, 6.45) is 1.38. The summed E-state index contributed by atoms with van der Waals surface area (Å²) < 4.78 is 1.58. The van der Waals surface area contributed by atoms with Gasteiger partial charge in [0.25, 0.3) is 0 Å². The molecule has 0 amide bonds. The lowest BCUT2D eigenvalue weighted by Crippen LogP contribution is -2.05. The number of carbonyl (C=O) groups is 1. The number of rotatable bonds is 3. The third-order valence-corrected chi connectivity index (χ3v) is 3.46. The number of benzene rings is 2. The number of imidazole rings is 1. The average molecular weight is 278 g/mol. The Balaban J connectivity index is 1.97. The van der Waals surface area contributed by atoms with Gasteiger partial charge in [0.2, 0.25) is 0 Å². The van der Waals surface area contributed by atoms with Crippen LogP contribution in [0.25, 0.3) is 22.5 Å². The average Bonchev–Trinajstić information content (AvgIpc) is 2.90. The minimum atomic E-state index is -0.975. The van der Waals surface area contributed by atoms with Crippen LogP contribution >= 0.6 is 0 Å². The third-order valence-electron chi connectivity index (χ3n) is 3.46. The molecule has 0 atom stereocenters. The molecule has 0 spiro atoms. The lowest BCUT2D eigenvalue weighted by Gasteiger charge is -2.05. The van der Waals surface area contributed by atoms with Crippen LogP contribution in [0.4, 0.5) is 0 Å². The fourth-order valence-electron chi connectivity index (χ4n) is 2.32. The summed E-state index contributed by atoms with van der Waals surface area (Å²) in [5.41, 5.74) is 3.34. The highest BCUT2D eigenvalue weighted by molar-refractivity contribution is 5.86. The van der Waals surface area contributed by atoms with Crippen molar-refractivity contribution < 1.29 is 9.90 Å². The fraction of sp³-hybridized carbons (Fsp3) is 0.0588. The van der Waals surface area contributed by atoms with Crippen molar-refractivity contribution in [2.45, 2.75) is 0 Å². The molecular formula is C17H14N2O2. The number of carboxylic acid groups (broad SMARTS) is 1. The highest BCUT2D eigenvalue weighted by Gasteiger charge is 2.13. The second-order valence-electron chi connectivity index (χ2n) is 4.77. The molecule has 0 aliphatic rings. The van der Waals surface area contributed by atoms with Gasteiger partial charge in [-0.15, -0.1) is 0 Å². The van der Waals surface area contributed by atoms with Crippen molar-refractivity contribution >= 4 is 5.97 Å². The first-order valence-corrected chi connectivity index (χ1v) is 6.57. The topological polar surface area (TPSA) is 55.1 Å². The first-order chi connectivity index (χ1) is 10.2. The van der Waals surface area contributed by atoms with Crippen LogP contribution in [0.3, 0.4) is 0 Å². The molecule has 0 saturated heterocycles. The third kappa shape index (κ3) is 2.43. The molecule has 4 nitrogen and oxygen atoms in total. The Bertz CT molecular complexity index is 774. The molecule has 21 heavy (non-hydrogen) atoms. The molecule has 1 N–H and O–H groups in total. The van der Waals surface area contributed by atoms with Gasteiger partial charge in [-0.05, 0) is 11.1 Å². The summed E-state index contributed by atoms with van der Waals surface area (Å²) in [4.78, 5) is 15.2. The summed E-state index contributed by atoms with van der Waals surface area (Å²) >= 11 is 0. The fourth-order valence-corrected chi connectivity index (χ4v) is 2.32. The minimum absolute atomic E-state index is 0.178. The van der Waals surface area contributed by atoms with E-state index < -0.39 is 5.97 Å². The van der Waals surface area contributed by atoms with Gasteiger partial charge in [-0.1, -0.05) is 54.6 Å². The van der Waals surface area contributed by atoms with Gasteiger partial charge in [-0.25, -0.2) is 9.78 Å². The maximum Gasteiger partial charge on any atom is 0.354 e. The Hall–Kier alpha value is -2.88. The smallest absolute Gasteiger partial charge is 0.354 e. The monoisotopic (exact) mass is 278 g/mol. The predicted octanol–water partition coefficient (Wildman–Crippen LogP) is 3.45. The zero-order valence-electron chi connectivity index (χ0n) is 11.5. The van der Waals surface area contributed by atoms with Gasteiger partial charge in [0.05, 0.1) is 6.20 Å². The Kier molecular flexibility index (Phi) is 3.28. The minimum Gasteiger partial charge on any atom is -0.477 e. The molecule has 3 aromatic rings. The molecule has 0 unspecified atom stereocenters. The Morgan fingerprint density at radius 1 is 0.952 bits per heavy atom. The number of hydrogen-bond donors (Lipinski definition) is 1. The van der Waals surface area contributed by atoms with Crippen LogP contribution in [-0.4, -0.2) is 20.6 Å². The van der Waals surface area contributed by atoms with Crippen molar-refractivity contribution in [1.82, 2.24) is 9.55 Å². The largest absolute Gasteiger partial charge is 0.477 e. The van der Waals surface area contributed by atoms with Crippen molar-refractivity contribution in [2.24, 2.45) is 7.05 Å². The van der Waals surface area contributed by atoms with Crippen LogP contribution in [0.15, 0.2) is 60.8 Å². The van der Waals surface area contributed by atoms with Crippen molar-refractivity contribution in [3.05, 3.63) is 66.5 Å². The van der Waals surface area contributed by atoms with Crippen LogP contribution in [0.2, 0.25) is 0 Å². The molecule has 2 aromatic carbocycles. The first-order valence-electron chi connectivity index (χ1n) is 6.57. The van der Waals surface area contributed by atoms with Crippen LogP contribution in [0.1, 0.15) is 10.5 Å². The molecule has 0 aliphatic carbocycles. The Morgan fingerprint density at radius 3 is 2.10 bits per heavy atom. The molecule has 3 rings (SSSR count). The van der Waals surface area contributed by atoms with E-state index in [9.17, 15) is 4.79 Å². The maximum atomic E-state index is 11.0. The van der Waals surface area contributed by atoms with E-state index in [1.807, 2.05) is 42.5 Å². The van der Waals surface area contributed by atoms with Gasteiger partial charge >= 0.3 is 5.97 Å². The second kappa shape index (κ2) is 5.25. The van der Waals surface area contributed by atoms with Gasteiger partial charge in [0.1, 0.15) is 11.5 Å². The molecule has 104 valence electrons. The molecule has 1 aromatic heterocycles. The van der Waals surface area contributed by atoms with Crippen LogP contribution in [0.5, 0.6) is 0 Å². The highest BCUT2D eigenvalue weighted by atomic mass is 16.4. The van der Waals surface area contributed by atoms with Crippen molar-refractivity contribution in [3.8, 4) is 22.5 Å². The van der Waals surface area contributed by atoms with Crippen molar-refractivity contribution in [3.63, 3.8) is 0 Å². The SMILES string of the molecule is Cn1c(C(=O)O)cnc1-c1ccc(-c2ccccc2)cc1. The molecule has 1 heterocycles. The van der Waals surface area contributed by atoms with E-state index in [1.165, 1.54) is 6.20 Å². The van der Waals surface area contributed by atoms with Gasteiger partial charge in [-0.2, -0.15) is 0 Å². The number of nitrogens with zero attached hydrogens (tertiary/aromatic N) is 2. The summed E-state index contributed by atoms with van der Waals surface area (Å²) in [5.74, 6) is -0.329. The van der Waals surface area contributed by atoms with E-state index in [4.69, 9.17) is 5.11 Å². The summed E-state index contributed by atoms with van der Waals surface area (Å²) in [7, 11) is 1.71. The second-order valence-corrected chi connectivity index (χ2v) is 4.77. The van der Waals surface area contributed by atoms with Crippen molar-refractivity contribution in [1.29, 1.82) is 0 Å². The molecule has 0 radical (unpaired) electrons. The van der Waals surface area contributed by atoms with E-state index in [2.05, 4.69) is 17.1 Å². The van der Waals surface area contributed by atoms with E-state index >= 15 is 0 Å². The number of hydrogen-bond acceptors (Lipinski definition) is 2. The molecule has 0 bridgehead atoms. The summed E-state index contributed by atoms with van der Waals surface area (Å²) in [6, 6.07) is 18.0. The van der Waals surface area contributed by atoms with Crippen molar-refractivity contribution in [2.75, 3.05) is 0 Å². The molecular weight excluding hydrogens is 264 g/mol. The normalized spacial score (nSPS) is 10.5. The molecule has 4 heteroatoms. The Labute approximate surface area is 122 Å². The van der Waals surface area contributed by atoms with E-state index in [1.54, 1.807) is 11.6 Å². The number of carboxylic acids is 1. The van der Waals surface area contributed by atoms with E-state index in [-0.39, 0.29) is 5.69 Å².